The van der Waals surface area contributed by atoms with Crippen LogP contribution in [0.1, 0.15) is 12.5 Å². The Morgan fingerprint density at radius 1 is 0.500 bits per heavy atom. The lowest BCUT2D eigenvalue weighted by Gasteiger charge is -2.31. The SMILES string of the molecule is C/C(=C\[Si](c1ccccc1)(c1ccccc1)c1ccccc1)c1ccccc1. The van der Waals surface area contributed by atoms with Crippen LogP contribution in [0.15, 0.2) is 127 Å². The van der Waals surface area contributed by atoms with Gasteiger partial charge in [0.25, 0.3) is 0 Å². The fourth-order valence-corrected chi connectivity index (χ4v) is 8.43. The van der Waals surface area contributed by atoms with Gasteiger partial charge in [0.2, 0.25) is 0 Å². The van der Waals surface area contributed by atoms with Gasteiger partial charge in [-0.05, 0) is 28.0 Å². The van der Waals surface area contributed by atoms with Crippen molar-refractivity contribution in [1.29, 1.82) is 0 Å². The van der Waals surface area contributed by atoms with Crippen LogP contribution in [0.2, 0.25) is 0 Å². The van der Waals surface area contributed by atoms with E-state index in [1.807, 2.05) is 0 Å². The largest absolute Gasteiger partial charge is 0.172 e. The van der Waals surface area contributed by atoms with Crippen molar-refractivity contribution in [2.24, 2.45) is 0 Å². The fourth-order valence-electron chi connectivity index (χ4n) is 3.96. The normalized spacial score (nSPS) is 12.0. The van der Waals surface area contributed by atoms with E-state index in [-0.39, 0.29) is 0 Å². The van der Waals surface area contributed by atoms with Crippen LogP contribution in [0, 0.1) is 0 Å². The molecule has 0 unspecified atom stereocenters. The van der Waals surface area contributed by atoms with Crippen molar-refractivity contribution in [1.82, 2.24) is 0 Å². The Balaban J connectivity index is 2.04. The highest BCUT2D eigenvalue weighted by Gasteiger charge is 2.37. The molecule has 4 aromatic carbocycles. The first kappa shape index (κ1) is 18.2. The molecule has 0 nitrogen and oxygen atoms in total. The molecular formula is C27H24Si. The van der Waals surface area contributed by atoms with Crippen molar-refractivity contribution < 1.29 is 0 Å². The summed E-state index contributed by atoms with van der Waals surface area (Å²) >= 11 is 0. The van der Waals surface area contributed by atoms with Crippen LogP contribution in [-0.4, -0.2) is 8.07 Å². The van der Waals surface area contributed by atoms with Crippen molar-refractivity contribution in [3.63, 3.8) is 0 Å². The van der Waals surface area contributed by atoms with E-state index in [0.29, 0.717) is 0 Å². The molecule has 0 spiro atoms. The number of hydrogen-bond acceptors (Lipinski definition) is 0. The Morgan fingerprint density at radius 2 is 0.821 bits per heavy atom. The van der Waals surface area contributed by atoms with Crippen LogP contribution in [0.25, 0.3) is 5.57 Å². The van der Waals surface area contributed by atoms with Crippen molar-refractivity contribution in [3.05, 3.63) is 133 Å². The number of benzene rings is 4. The Labute approximate surface area is 168 Å². The van der Waals surface area contributed by atoms with Gasteiger partial charge in [-0.3, -0.25) is 0 Å². The highest BCUT2D eigenvalue weighted by atomic mass is 28.3. The van der Waals surface area contributed by atoms with Crippen LogP contribution in [0.4, 0.5) is 0 Å². The van der Waals surface area contributed by atoms with Gasteiger partial charge in [0.1, 0.15) is 0 Å². The zero-order valence-corrected chi connectivity index (χ0v) is 17.1. The minimum absolute atomic E-state index is 1.28. The van der Waals surface area contributed by atoms with Crippen LogP contribution in [0.5, 0.6) is 0 Å². The van der Waals surface area contributed by atoms with Crippen molar-refractivity contribution in [2.45, 2.75) is 6.92 Å². The fraction of sp³-hybridized carbons (Fsp3) is 0.0370. The van der Waals surface area contributed by atoms with Crippen LogP contribution in [-0.2, 0) is 0 Å². The van der Waals surface area contributed by atoms with Crippen LogP contribution < -0.4 is 15.6 Å². The average Bonchev–Trinajstić information content (AvgIpc) is 2.80. The summed E-state index contributed by atoms with van der Waals surface area (Å²) in [7, 11) is -2.33. The molecule has 4 rings (SSSR count). The first-order valence-electron chi connectivity index (χ1n) is 9.72. The molecule has 0 saturated heterocycles. The third kappa shape index (κ3) is 3.49. The van der Waals surface area contributed by atoms with Gasteiger partial charge < -0.3 is 0 Å². The number of rotatable bonds is 5. The standard InChI is InChI=1S/C27H24Si/c1-23(24-14-6-2-7-15-24)22-28(25-16-8-3-9-17-25,26-18-10-4-11-19-26)27-20-12-5-13-21-27/h2-22H,1H3/b23-22+. The molecule has 136 valence electrons. The van der Waals surface area contributed by atoms with Gasteiger partial charge in [-0.1, -0.05) is 133 Å². The second-order valence-corrected chi connectivity index (χ2v) is 10.7. The second kappa shape index (κ2) is 8.24. The Kier molecular flexibility index (Phi) is 5.36. The molecule has 0 aliphatic carbocycles. The van der Waals surface area contributed by atoms with Crippen LogP contribution >= 0.6 is 0 Å². The maximum absolute atomic E-state index is 2.56. The molecule has 0 bridgehead atoms. The van der Waals surface area contributed by atoms with E-state index in [0.717, 1.165) is 0 Å². The summed E-state index contributed by atoms with van der Waals surface area (Å²) < 4.78 is 0. The maximum atomic E-state index is 2.56. The summed E-state index contributed by atoms with van der Waals surface area (Å²) in [4.78, 5) is 0. The molecule has 0 saturated carbocycles. The average molecular weight is 377 g/mol. The molecule has 0 N–H and O–H groups in total. The quantitative estimate of drug-likeness (QED) is 0.347. The summed E-state index contributed by atoms with van der Waals surface area (Å²) in [5, 5.41) is 4.22. The molecule has 0 amide bonds. The lowest BCUT2D eigenvalue weighted by molar-refractivity contribution is 1.57. The summed E-state index contributed by atoms with van der Waals surface area (Å²) in [6.45, 7) is 2.24. The van der Waals surface area contributed by atoms with Crippen molar-refractivity contribution in [3.8, 4) is 0 Å². The lowest BCUT2D eigenvalue weighted by atomic mass is 10.1. The molecule has 1 heteroatoms. The third-order valence-corrected chi connectivity index (χ3v) is 9.95. The Bertz CT molecular complexity index is 940. The third-order valence-electron chi connectivity index (χ3n) is 5.35. The first-order chi connectivity index (χ1) is 13.8. The van der Waals surface area contributed by atoms with E-state index in [9.17, 15) is 0 Å². The van der Waals surface area contributed by atoms with Gasteiger partial charge in [0.05, 0.1) is 0 Å². The highest BCUT2D eigenvalue weighted by Crippen LogP contribution is 2.18. The van der Waals surface area contributed by atoms with E-state index in [2.05, 4.69) is 134 Å². The summed E-state index contributed by atoms with van der Waals surface area (Å²) in [5.41, 5.74) is 5.16. The summed E-state index contributed by atoms with van der Waals surface area (Å²) in [6, 6.07) is 43.7. The first-order valence-corrected chi connectivity index (χ1v) is 11.8. The molecule has 0 atom stereocenters. The van der Waals surface area contributed by atoms with Gasteiger partial charge in [-0.2, -0.15) is 0 Å². The summed E-state index contributed by atoms with van der Waals surface area (Å²) in [6.07, 6.45) is 0. The number of allylic oxidation sites excluding steroid dienone is 1. The van der Waals surface area contributed by atoms with E-state index in [1.54, 1.807) is 0 Å². The van der Waals surface area contributed by atoms with Gasteiger partial charge in [-0.25, -0.2) is 0 Å². The molecular weight excluding hydrogens is 352 g/mol. The van der Waals surface area contributed by atoms with Crippen molar-refractivity contribution in [2.75, 3.05) is 0 Å². The van der Waals surface area contributed by atoms with E-state index in [1.165, 1.54) is 26.7 Å². The molecule has 0 radical (unpaired) electrons. The molecule has 0 heterocycles. The predicted octanol–water partition coefficient (Wildman–Crippen LogP) is 4.80. The molecule has 4 aromatic rings. The Morgan fingerprint density at radius 3 is 1.18 bits per heavy atom. The minimum Gasteiger partial charge on any atom is -0.0783 e. The van der Waals surface area contributed by atoms with Crippen molar-refractivity contribution >= 4 is 29.2 Å². The van der Waals surface area contributed by atoms with Crippen LogP contribution in [0.3, 0.4) is 0 Å². The Hall–Kier alpha value is -3.16. The second-order valence-electron chi connectivity index (χ2n) is 7.10. The molecule has 0 fully saturated rings. The van der Waals surface area contributed by atoms with Gasteiger partial charge in [0.15, 0.2) is 8.07 Å². The monoisotopic (exact) mass is 376 g/mol. The molecule has 0 aromatic heterocycles. The topological polar surface area (TPSA) is 0 Å². The van der Waals surface area contributed by atoms with E-state index in [4.69, 9.17) is 0 Å². The summed E-state index contributed by atoms with van der Waals surface area (Å²) in [5.74, 6) is 0. The van der Waals surface area contributed by atoms with Gasteiger partial charge >= 0.3 is 0 Å². The molecule has 0 aliphatic heterocycles. The smallest absolute Gasteiger partial charge is 0.0783 e. The predicted molar refractivity (Wildman–Crippen MR) is 124 cm³/mol. The molecule has 0 aliphatic rings. The highest BCUT2D eigenvalue weighted by molar-refractivity contribution is 7.15. The van der Waals surface area contributed by atoms with Gasteiger partial charge in [-0.15, -0.1) is 0 Å². The lowest BCUT2D eigenvalue weighted by Crippen LogP contribution is -2.66. The number of hydrogen-bond donors (Lipinski definition) is 0. The molecule has 28 heavy (non-hydrogen) atoms. The zero-order chi connectivity index (χ0) is 19.2. The zero-order valence-electron chi connectivity index (χ0n) is 16.1. The van der Waals surface area contributed by atoms with E-state index < -0.39 is 8.07 Å². The van der Waals surface area contributed by atoms with Gasteiger partial charge in [0, 0.05) is 0 Å². The van der Waals surface area contributed by atoms with E-state index >= 15 is 0 Å². The maximum Gasteiger partial charge on any atom is 0.172 e. The minimum atomic E-state index is -2.33.